The Bertz CT molecular complexity index is 1720. The number of halogens is 9. The zero-order chi connectivity index (χ0) is 32.0. The lowest BCUT2D eigenvalue weighted by Crippen LogP contribution is -2.41. The van der Waals surface area contributed by atoms with Gasteiger partial charge in [0.1, 0.15) is 5.82 Å². The van der Waals surface area contributed by atoms with Crippen LogP contribution in [-0.2, 0) is 19.8 Å². The highest BCUT2D eigenvalue weighted by atomic mass is 35.5. The number of carbonyl (C=O) groups is 1. The number of piperidine rings is 1. The molecule has 0 aliphatic carbocycles. The molecule has 44 heavy (non-hydrogen) atoms. The highest BCUT2D eigenvalue weighted by Gasteiger charge is 2.42. The third-order valence-corrected chi connectivity index (χ3v) is 8.08. The Balaban J connectivity index is 1.36. The van der Waals surface area contributed by atoms with E-state index in [1.165, 1.54) is 18.2 Å². The van der Waals surface area contributed by atoms with Crippen LogP contribution in [0.1, 0.15) is 34.3 Å². The maximum Gasteiger partial charge on any atom is 0.417 e. The molecule has 15 heteroatoms. The Hall–Kier alpha value is -3.71. The first-order valence-electron chi connectivity index (χ1n) is 13.3. The molecule has 1 fully saturated rings. The fourth-order valence-corrected chi connectivity index (χ4v) is 5.62. The number of hydrogen-bond donors (Lipinski definition) is 2. The number of aryl methyl sites for hydroxylation is 1. The lowest BCUT2D eigenvalue weighted by Gasteiger charge is -2.35. The van der Waals surface area contributed by atoms with E-state index in [1.54, 1.807) is 28.6 Å². The molecule has 3 aromatic carbocycles. The predicted molar refractivity (Wildman–Crippen MR) is 154 cm³/mol. The molecule has 1 aliphatic rings. The second-order valence-electron chi connectivity index (χ2n) is 10.4. The van der Waals surface area contributed by atoms with E-state index in [9.17, 15) is 35.5 Å². The summed E-state index contributed by atoms with van der Waals surface area (Å²) in [5.74, 6) is -3.69. The summed E-state index contributed by atoms with van der Waals surface area (Å²) in [6.07, 6.45) is -8.81. The number of anilines is 3. The van der Waals surface area contributed by atoms with Crippen molar-refractivity contribution in [1.29, 1.82) is 0 Å². The lowest BCUT2D eigenvalue weighted by atomic mass is 9.97. The fourth-order valence-electron chi connectivity index (χ4n) is 5.18. The average molecular weight is 662 g/mol. The summed E-state index contributed by atoms with van der Waals surface area (Å²) in [7, 11) is 1.69. The summed E-state index contributed by atoms with van der Waals surface area (Å²) in [4.78, 5) is 18.7. The number of nitrogens with zero attached hydrogens (tertiary/aromatic N) is 3. The van der Waals surface area contributed by atoms with E-state index in [-0.39, 0.29) is 29.6 Å². The smallest absolute Gasteiger partial charge is 0.370 e. The summed E-state index contributed by atoms with van der Waals surface area (Å²) in [5.41, 5.74) is -0.203. The van der Waals surface area contributed by atoms with Crippen LogP contribution in [0.15, 0.2) is 48.5 Å². The maximum atomic E-state index is 14.2. The maximum absolute atomic E-state index is 14.2. The third-order valence-electron chi connectivity index (χ3n) is 7.45. The van der Waals surface area contributed by atoms with E-state index in [0.717, 1.165) is 12.1 Å². The van der Waals surface area contributed by atoms with Gasteiger partial charge in [-0.15, -0.1) is 0 Å². The van der Waals surface area contributed by atoms with Gasteiger partial charge in [-0.2, -0.15) is 26.3 Å². The molecule has 5 rings (SSSR count). The Morgan fingerprint density at radius 1 is 1.05 bits per heavy atom. The number of fused-ring (bicyclic) bond motifs is 1. The van der Waals surface area contributed by atoms with Gasteiger partial charge in [-0.1, -0.05) is 35.3 Å². The molecule has 1 saturated heterocycles. The monoisotopic (exact) mass is 661 g/mol. The number of alkyl halides is 6. The van der Waals surface area contributed by atoms with Gasteiger partial charge >= 0.3 is 12.4 Å². The Labute approximate surface area is 256 Å². The first-order chi connectivity index (χ1) is 20.6. The average Bonchev–Trinajstić information content (AvgIpc) is 3.25. The molecule has 6 nitrogen and oxygen atoms in total. The van der Waals surface area contributed by atoms with Crippen LogP contribution in [0.4, 0.5) is 48.1 Å². The highest BCUT2D eigenvalue weighted by Crippen LogP contribution is 2.39. The number of aromatic nitrogens is 2. The van der Waals surface area contributed by atoms with Crippen molar-refractivity contribution in [2.75, 3.05) is 23.3 Å². The van der Waals surface area contributed by atoms with Crippen molar-refractivity contribution in [3.05, 3.63) is 81.1 Å². The summed E-state index contributed by atoms with van der Waals surface area (Å²) in [6.45, 7) is -0.0221. The molecule has 234 valence electrons. The van der Waals surface area contributed by atoms with Gasteiger partial charge in [-0.05, 0) is 54.8 Å². The largest absolute Gasteiger partial charge is 0.417 e. The molecule has 0 bridgehead atoms. The van der Waals surface area contributed by atoms with E-state index >= 15 is 0 Å². The minimum atomic E-state index is -4.93. The second kappa shape index (κ2) is 12.0. The lowest BCUT2D eigenvalue weighted by molar-refractivity contribution is -0.176. The second-order valence-corrected chi connectivity index (χ2v) is 11.2. The van der Waals surface area contributed by atoms with Crippen molar-refractivity contribution in [2.24, 2.45) is 13.0 Å². The number of rotatable bonds is 6. The van der Waals surface area contributed by atoms with E-state index < -0.39 is 41.1 Å². The van der Waals surface area contributed by atoms with Crippen LogP contribution in [0, 0.1) is 11.7 Å². The van der Waals surface area contributed by atoms with Gasteiger partial charge in [0.25, 0.3) is 5.91 Å². The number of benzene rings is 3. The van der Waals surface area contributed by atoms with Gasteiger partial charge in [0.2, 0.25) is 5.95 Å². The third kappa shape index (κ3) is 6.53. The molecule has 0 radical (unpaired) electrons. The van der Waals surface area contributed by atoms with E-state index in [1.807, 2.05) is 0 Å². The van der Waals surface area contributed by atoms with Crippen LogP contribution in [0.2, 0.25) is 10.0 Å². The quantitative estimate of drug-likeness (QED) is 0.204. The van der Waals surface area contributed by atoms with Crippen molar-refractivity contribution < 1.29 is 35.5 Å². The van der Waals surface area contributed by atoms with Gasteiger partial charge < -0.3 is 20.1 Å². The minimum absolute atomic E-state index is 0.0564. The number of hydrogen-bond acceptors (Lipinski definition) is 4. The van der Waals surface area contributed by atoms with Crippen LogP contribution < -0.4 is 15.5 Å². The van der Waals surface area contributed by atoms with E-state index in [2.05, 4.69) is 15.6 Å². The minimum Gasteiger partial charge on any atom is -0.370 e. The summed E-state index contributed by atoms with van der Waals surface area (Å²) in [5, 5.41) is 5.88. The van der Waals surface area contributed by atoms with Crippen molar-refractivity contribution in [1.82, 2.24) is 14.9 Å². The van der Waals surface area contributed by atoms with Crippen LogP contribution in [0.25, 0.3) is 11.0 Å². The van der Waals surface area contributed by atoms with Crippen molar-refractivity contribution >= 4 is 57.5 Å². The topological polar surface area (TPSA) is 62.2 Å². The molecular weight excluding hydrogens is 638 g/mol. The van der Waals surface area contributed by atoms with Gasteiger partial charge in [-0.25, -0.2) is 9.37 Å². The first-order valence-corrected chi connectivity index (χ1v) is 14.1. The Kier molecular flexibility index (Phi) is 8.65. The zero-order valence-corrected chi connectivity index (χ0v) is 24.4. The number of carbonyl (C=O) groups excluding carboxylic acids is 1. The first kappa shape index (κ1) is 31.7. The van der Waals surface area contributed by atoms with Gasteiger partial charge in [0.15, 0.2) is 0 Å². The Morgan fingerprint density at radius 3 is 2.50 bits per heavy atom. The van der Waals surface area contributed by atoms with Gasteiger partial charge in [0.05, 0.1) is 49.5 Å². The van der Waals surface area contributed by atoms with Crippen LogP contribution in [-0.4, -0.2) is 34.7 Å². The van der Waals surface area contributed by atoms with Crippen LogP contribution >= 0.6 is 23.2 Å². The standard InChI is InChI=1S/C29H24Cl2F7N5O/c1-42-24-12-23(43-9-3-4-16(14-43)28(33,34)35)19(31)11-22(24)41-27(42)40-21-10-15(7-8-18(21)30)13-39-26(44)25-17(29(36,37)38)5-2-6-20(25)32/h2,5-8,10-12,16H,3-4,9,13-14H2,1H3,(H,39,44)(H,40,41). The molecule has 0 saturated carbocycles. The molecule has 1 aromatic heterocycles. The van der Waals surface area contributed by atoms with Gasteiger partial charge in [-0.3, -0.25) is 4.79 Å². The van der Waals surface area contributed by atoms with E-state index in [0.29, 0.717) is 53.0 Å². The molecule has 0 spiro atoms. The number of imidazole rings is 1. The predicted octanol–water partition coefficient (Wildman–Crippen LogP) is 8.49. The molecule has 1 aliphatic heterocycles. The molecule has 2 heterocycles. The molecule has 1 amide bonds. The van der Waals surface area contributed by atoms with E-state index in [4.69, 9.17) is 23.2 Å². The molecule has 2 N–H and O–H groups in total. The molecule has 1 atom stereocenters. The molecule has 4 aromatic rings. The summed E-state index contributed by atoms with van der Waals surface area (Å²) >= 11 is 12.9. The number of amides is 1. The van der Waals surface area contributed by atoms with Crippen LogP contribution in [0.5, 0.6) is 0 Å². The van der Waals surface area contributed by atoms with Gasteiger partial charge in [0, 0.05) is 26.7 Å². The summed E-state index contributed by atoms with van der Waals surface area (Å²) < 4.78 is 96.1. The molecular formula is C29H24Cl2F7N5O. The Morgan fingerprint density at radius 2 is 1.80 bits per heavy atom. The SMILES string of the molecule is Cn1c(Nc2cc(CNC(=O)c3c(F)cccc3C(F)(F)F)ccc2Cl)nc2cc(Cl)c(N3CCCC(C(F)(F)F)C3)cc21. The van der Waals surface area contributed by atoms with Crippen molar-refractivity contribution in [3.8, 4) is 0 Å². The van der Waals surface area contributed by atoms with Crippen LogP contribution in [0.3, 0.4) is 0 Å². The normalized spacial score (nSPS) is 16.0. The fraction of sp³-hybridized carbons (Fsp3) is 0.310. The summed E-state index contributed by atoms with van der Waals surface area (Å²) in [6, 6.07) is 10.1. The van der Waals surface area contributed by atoms with Crippen molar-refractivity contribution in [3.63, 3.8) is 0 Å². The molecule has 1 unspecified atom stereocenters. The highest BCUT2D eigenvalue weighted by molar-refractivity contribution is 6.34. The number of nitrogens with one attached hydrogen (secondary N) is 2. The van der Waals surface area contributed by atoms with Crippen molar-refractivity contribution in [2.45, 2.75) is 31.7 Å². The zero-order valence-electron chi connectivity index (χ0n) is 22.9.